The molecule has 6 nitrogen and oxygen atoms in total. The highest BCUT2D eigenvalue weighted by molar-refractivity contribution is 6.21. The predicted molar refractivity (Wildman–Crippen MR) is 133 cm³/mol. The minimum Gasteiger partial charge on any atom is -0.353 e. The van der Waals surface area contributed by atoms with E-state index in [1.165, 1.54) is 5.01 Å². The van der Waals surface area contributed by atoms with Crippen LogP contribution in [0.25, 0.3) is 0 Å². The maximum Gasteiger partial charge on any atom is 0.405 e. The summed E-state index contributed by atoms with van der Waals surface area (Å²) in [6, 6.07) is -2.56. The number of carbonyl (C=O) groups is 1. The first-order chi connectivity index (χ1) is 17.5. The van der Waals surface area contributed by atoms with Crippen molar-refractivity contribution in [3.05, 3.63) is 0 Å². The number of hydrogen-bond donors (Lipinski definition) is 3. The number of hydrazine groups is 1. The van der Waals surface area contributed by atoms with Gasteiger partial charge in [0.2, 0.25) is 5.91 Å². The van der Waals surface area contributed by atoms with E-state index in [9.17, 15) is 26.7 Å². The van der Waals surface area contributed by atoms with Crippen molar-refractivity contribution in [2.45, 2.75) is 131 Å². The number of hydrogen-bond acceptors (Lipinski definition) is 4. The Bertz CT molecular complexity index is 803. The van der Waals surface area contributed by atoms with Crippen molar-refractivity contribution in [3.63, 3.8) is 0 Å². The van der Waals surface area contributed by atoms with Crippen molar-refractivity contribution < 1.29 is 26.7 Å². The van der Waals surface area contributed by atoms with Crippen LogP contribution in [0.4, 0.5) is 22.0 Å². The summed E-state index contributed by atoms with van der Waals surface area (Å²) in [7, 11) is 0. The van der Waals surface area contributed by atoms with E-state index in [0.29, 0.717) is 32.1 Å². The van der Waals surface area contributed by atoms with E-state index in [2.05, 4.69) is 21.1 Å². The van der Waals surface area contributed by atoms with Crippen LogP contribution in [0.2, 0.25) is 0 Å². The molecule has 4 aliphatic rings. The minimum atomic E-state index is -4.50. The van der Waals surface area contributed by atoms with E-state index in [0.717, 1.165) is 12.8 Å². The normalized spacial score (nSPS) is 40.4. The Morgan fingerprint density at radius 3 is 2.27 bits per heavy atom. The molecule has 1 saturated heterocycles. The molecule has 3 saturated carbocycles. The lowest BCUT2D eigenvalue weighted by molar-refractivity contribution is -0.158. The molecule has 3 N–H and O–H groups in total. The first-order valence-corrected chi connectivity index (χ1v) is 14.2. The lowest BCUT2D eigenvalue weighted by atomic mass is 9.88. The van der Waals surface area contributed by atoms with Gasteiger partial charge in [-0.25, -0.2) is 24.2 Å². The summed E-state index contributed by atoms with van der Waals surface area (Å²) in [5.41, 5.74) is 2.55. The zero-order chi connectivity index (χ0) is 26.7. The van der Waals surface area contributed by atoms with E-state index in [4.69, 9.17) is 23.2 Å². The number of amides is 1. The summed E-state index contributed by atoms with van der Waals surface area (Å²) in [6.45, 7) is 0. The molecule has 1 amide bonds. The smallest absolute Gasteiger partial charge is 0.353 e. The molecule has 0 aromatic heterocycles. The summed E-state index contributed by atoms with van der Waals surface area (Å²) >= 11 is 12.5. The molecule has 1 aliphatic heterocycles. The zero-order valence-electron chi connectivity index (χ0n) is 20.6. The topological polar surface area (TPSA) is 68.8 Å². The fourth-order valence-electron chi connectivity index (χ4n) is 5.96. The number of carbonyl (C=O) groups excluding carboxylic acids is 1. The van der Waals surface area contributed by atoms with Crippen molar-refractivity contribution >= 4 is 35.1 Å². The summed E-state index contributed by atoms with van der Waals surface area (Å²) < 4.78 is 69.0. The van der Waals surface area contributed by atoms with Crippen molar-refractivity contribution in [1.29, 1.82) is 0 Å². The molecule has 0 bridgehead atoms. The third kappa shape index (κ3) is 8.05. The van der Waals surface area contributed by atoms with Gasteiger partial charge in [-0.1, -0.05) is 6.42 Å². The van der Waals surface area contributed by atoms with Crippen molar-refractivity contribution in [3.8, 4) is 0 Å². The highest BCUT2D eigenvalue weighted by Gasteiger charge is 2.49. The van der Waals surface area contributed by atoms with Crippen LogP contribution in [0.15, 0.2) is 4.99 Å². The second kappa shape index (κ2) is 12.5. The fourth-order valence-corrected chi connectivity index (χ4v) is 6.74. The number of guanidine groups is 1. The molecule has 4 rings (SSSR count). The van der Waals surface area contributed by atoms with E-state index >= 15 is 0 Å². The Kier molecular flexibility index (Phi) is 9.83. The van der Waals surface area contributed by atoms with Gasteiger partial charge >= 0.3 is 6.18 Å². The Morgan fingerprint density at radius 2 is 1.62 bits per heavy atom. The lowest BCUT2D eigenvalue weighted by Gasteiger charge is -2.35. The fraction of sp³-hybridized carbons (Fsp3) is 0.917. The molecule has 0 spiro atoms. The van der Waals surface area contributed by atoms with Crippen molar-refractivity contribution in [2.75, 3.05) is 0 Å². The van der Waals surface area contributed by atoms with Crippen LogP contribution in [0.1, 0.15) is 77.0 Å². The Balaban J connectivity index is 1.56. The van der Waals surface area contributed by atoms with Gasteiger partial charge in [0.15, 0.2) is 5.96 Å². The number of rotatable bonds is 4. The Labute approximate surface area is 224 Å². The van der Waals surface area contributed by atoms with Crippen LogP contribution < -0.4 is 16.1 Å². The molecule has 212 valence electrons. The van der Waals surface area contributed by atoms with Gasteiger partial charge < -0.3 is 5.32 Å². The Morgan fingerprint density at radius 1 is 0.892 bits per heavy atom. The number of aliphatic imine (C=N–C) groups is 1. The maximum absolute atomic E-state index is 14.2. The Hall–Kier alpha value is -0.910. The molecular weight excluding hydrogens is 540 g/mol. The van der Waals surface area contributed by atoms with Crippen molar-refractivity contribution in [1.82, 2.24) is 21.1 Å². The SMILES string of the molecule is O=C(N/C(=N/C1CC(C(F)(F)F)NN1C1CCC(F)CC1)NC1CC(F)CC(Cl)C1)C1CCCC(Cl)C1. The molecule has 1 heterocycles. The molecule has 37 heavy (non-hydrogen) atoms. The van der Waals surface area contributed by atoms with Gasteiger partial charge in [-0.05, 0) is 64.2 Å². The van der Waals surface area contributed by atoms with Crippen LogP contribution >= 0.6 is 23.2 Å². The van der Waals surface area contributed by atoms with Gasteiger partial charge in [0.1, 0.15) is 24.6 Å². The van der Waals surface area contributed by atoms with Gasteiger partial charge in [-0.3, -0.25) is 10.1 Å². The first kappa shape index (κ1) is 29.1. The van der Waals surface area contributed by atoms with Crippen LogP contribution in [-0.2, 0) is 4.79 Å². The monoisotopic (exact) mass is 575 g/mol. The third-order valence-electron chi connectivity index (χ3n) is 7.92. The molecule has 7 unspecified atom stereocenters. The minimum absolute atomic E-state index is 0.0171. The van der Waals surface area contributed by atoms with Crippen LogP contribution in [0, 0.1) is 5.92 Å². The summed E-state index contributed by atoms with van der Waals surface area (Å²) in [5, 5.41) is 6.80. The molecule has 4 fully saturated rings. The molecule has 3 aliphatic carbocycles. The van der Waals surface area contributed by atoms with Gasteiger partial charge in [0.05, 0.1) is 0 Å². The lowest BCUT2D eigenvalue weighted by Crippen LogP contribution is -2.53. The quantitative estimate of drug-likeness (QED) is 0.189. The average molecular weight is 576 g/mol. The van der Waals surface area contributed by atoms with Gasteiger partial charge in [-0.15, -0.1) is 23.2 Å². The molecule has 13 heteroatoms. The van der Waals surface area contributed by atoms with Gasteiger partial charge in [-0.2, -0.15) is 13.2 Å². The number of halogens is 7. The first-order valence-electron chi connectivity index (χ1n) is 13.3. The third-order valence-corrected chi connectivity index (χ3v) is 8.67. The van der Waals surface area contributed by atoms with Crippen molar-refractivity contribution in [2.24, 2.45) is 10.9 Å². The maximum atomic E-state index is 14.2. The van der Waals surface area contributed by atoms with E-state index < -0.39 is 42.1 Å². The molecule has 7 atom stereocenters. The highest BCUT2D eigenvalue weighted by Crippen LogP contribution is 2.35. The largest absolute Gasteiger partial charge is 0.405 e. The van der Waals surface area contributed by atoms with Gasteiger partial charge in [0, 0.05) is 35.2 Å². The molecule has 0 radical (unpaired) electrons. The number of nitrogens with zero attached hydrogens (tertiary/aromatic N) is 2. The van der Waals surface area contributed by atoms with Crippen LogP contribution in [0.5, 0.6) is 0 Å². The second-order valence-electron chi connectivity index (χ2n) is 10.9. The van der Waals surface area contributed by atoms with E-state index in [-0.39, 0.29) is 61.3 Å². The molecule has 0 aromatic rings. The second-order valence-corrected chi connectivity index (χ2v) is 12.2. The standard InChI is InChI=1S/C24H36Cl2F5N5O/c25-14-3-1-2-13(8-14)22(37)34-23(32-18-10-15(26)9-17(28)11-18)33-21-12-20(24(29,30)31)35-36(21)19-6-4-16(27)5-7-19/h13-21,35H,1-12H2,(H2,32,33,34,37). The predicted octanol–water partition coefficient (Wildman–Crippen LogP) is 5.09. The molecular formula is C24H36Cl2F5N5O. The zero-order valence-corrected chi connectivity index (χ0v) is 22.1. The van der Waals surface area contributed by atoms with Crippen LogP contribution in [0.3, 0.4) is 0 Å². The van der Waals surface area contributed by atoms with E-state index in [1.807, 2.05) is 0 Å². The van der Waals surface area contributed by atoms with Gasteiger partial charge in [0.25, 0.3) is 0 Å². The van der Waals surface area contributed by atoms with E-state index in [1.54, 1.807) is 0 Å². The number of alkyl halides is 7. The van der Waals surface area contributed by atoms with Crippen LogP contribution in [-0.4, -0.2) is 70.4 Å². The summed E-state index contributed by atoms with van der Waals surface area (Å²) in [4.78, 5) is 17.7. The average Bonchev–Trinajstić information content (AvgIpc) is 3.23. The molecule has 0 aromatic carbocycles. The summed E-state index contributed by atoms with van der Waals surface area (Å²) in [6.07, 6.45) is -2.94. The summed E-state index contributed by atoms with van der Waals surface area (Å²) in [5.74, 6) is -0.636. The number of nitrogens with one attached hydrogen (secondary N) is 3. The highest BCUT2D eigenvalue weighted by atomic mass is 35.5.